The molecule has 5 heteroatoms. The molecule has 0 atom stereocenters. The number of rotatable bonds is 8. The van der Waals surface area contributed by atoms with Gasteiger partial charge in [-0.25, -0.2) is 0 Å². The van der Waals surface area contributed by atoms with Crippen molar-refractivity contribution in [1.82, 2.24) is 10.6 Å². The van der Waals surface area contributed by atoms with Gasteiger partial charge in [0.05, 0.1) is 12.6 Å². The summed E-state index contributed by atoms with van der Waals surface area (Å²) in [5.41, 5.74) is 0. The molecule has 1 amide bonds. The van der Waals surface area contributed by atoms with Crippen molar-refractivity contribution in [3.05, 3.63) is 0 Å². The van der Waals surface area contributed by atoms with E-state index in [-0.39, 0.29) is 24.5 Å². The van der Waals surface area contributed by atoms with E-state index in [2.05, 4.69) is 10.6 Å². The predicted molar refractivity (Wildman–Crippen MR) is 66.6 cm³/mol. The maximum absolute atomic E-state index is 11.3. The van der Waals surface area contributed by atoms with Crippen LogP contribution in [0, 0.1) is 5.92 Å². The predicted octanol–water partition coefficient (Wildman–Crippen LogP) is 0.690. The lowest BCUT2D eigenvalue weighted by Gasteiger charge is -2.09. The molecule has 0 saturated heterocycles. The van der Waals surface area contributed by atoms with Crippen LogP contribution in [0.4, 0.5) is 0 Å². The lowest BCUT2D eigenvalue weighted by molar-refractivity contribution is -0.146. The summed E-state index contributed by atoms with van der Waals surface area (Å²) in [6.07, 6.45) is 0.278. The first kappa shape index (κ1) is 15.9. The molecule has 0 saturated carbocycles. The number of hydrogen-bond donors (Lipinski definition) is 2. The lowest BCUT2D eigenvalue weighted by Crippen LogP contribution is -2.32. The monoisotopic (exact) mass is 244 g/mol. The molecule has 100 valence electrons. The van der Waals surface area contributed by atoms with Gasteiger partial charge in [-0.3, -0.25) is 9.59 Å². The highest BCUT2D eigenvalue weighted by Crippen LogP contribution is 1.89. The number of ether oxygens (including phenoxy) is 1. The smallest absolute Gasteiger partial charge is 0.320 e. The molecular formula is C12H24N2O3. The molecule has 0 unspecified atom stereocenters. The van der Waals surface area contributed by atoms with E-state index >= 15 is 0 Å². The van der Waals surface area contributed by atoms with Crippen molar-refractivity contribution in [3.63, 3.8) is 0 Å². The van der Waals surface area contributed by atoms with E-state index in [1.54, 1.807) is 13.8 Å². The maximum Gasteiger partial charge on any atom is 0.320 e. The third-order valence-electron chi connectivity index (χ3n) is 1.87. The van der Waals surface area contributed by atoms with Crippen molar-refractivity contribution in [2.75, 3.05) is 19.6 Å². The number of hydrogen-bond acceptors (Lipinski definition) is 4. The topological polar surface area (TPSA) is 67.4 Å². The van der Waals surface area contributed by atoms with Gasteiger partial charge in [-0.05, 0) is 19.8 Å². The van der Waals surface area contributed by atoms with Crippen LogP contribution in [0.2, 0.25) is 0 Å². The Morgan fingerprint density at radius 1 is 1.18 bits per heavy atom. The van der Waals surface area contributed by atoms with E-state index in [9.17, 15) is 9.59 Å². The normalized spacial score (nSPS) is 10.7. The van der Waals surface area contributed by atoms with E-state index in [0.717, 1.165) is 0 Å². The molecule has 2 N–H and O–H groups in total. The maximum atomic E-state index is 11.3. The Bertz CT molecular complexity index is 240. The summed E-state index contributed by atoms with van der Waals surface area (Å²) in [5.74, 6) is 0.166. The van der Waals surface area contributed by atoms with Gasteiger partial charge in [-0.15, -0.1) is 0 Å². The SMILES string of the molecule is CC(C)CNC(=O)CCNCC(=O)OC(C)C. The molecular weight excluding hydrogens is 220 g/mol. The van der Waals surface area contributed by atoms with Crippen molar-refractivity contribution >= 4 is 11.9 Å². The van der Waals surface area contributed by atoms with E-state index in [1.807, 2.05) is 13.8 Å². The molecule has 0 aromatic heterocycles. The van der Waals surface area contributed by atoms with E-state index < -0.39 is 0 Å². The first-order valence-electron chi connectivity index (χ1n) is 6.08. The number of esters is 1. The van der Waals surface area contributed by atoms with Gasteiger partial charge in [0.25, 0.3) is 0 Å². The summed E-state index contributed by atoms with van der Waals surface area (Å²) in [4.78, 5) is 22.4. The second-order valence-corrected chi connectivity index (χ2v) is 4.66. The minimum absolute atomic E-state index is 0.00317. The molecule has 17 heavy (non-hydrogen) atoms. The molecule has 0 heterocycles. The van der Waals surface area contributed by atoms with Gasteiger partial charge >= 0.3 is 5.97 Å². The Morgan fingerprint density at radius 3 is 2.35 bits per heavy atom. The summed E-state index contributed by atoms with van der Waals surface area (Å²) in [7, 11) is 0. The minimum atomic E-state index is -0.289. The first-order valence-corrected chi connectivity index (χ1v) is 6.08. The number of nitrogens with one attached hydrogen (secondary N) is 2. The minimum Gasteiger partial charge on any atom is -0.462 e. The highest BCUT2D eigenvalue weighted by molar-refractivity contribution is 5.76. The van der Waals surface area contributed by atoms with Gasteiger partial charge in [0.2, 0.25) is 5.91 Å². The molecule has 0 aromatic carbocycles. The van der Waals surface area contributed by atoms with Crippen molar-refractivity contribution in [2.24, 2.45) is 5.92 Å². The van der Waals surface area contributed by atoms with E-state index in [0.29, 0.717) is 25.4 Å². The molecule has 0 rings (SSSR count). The molecule has 0 radical (unpaired) electrons. The van der Waals surface area contributed by atoms with Crippen LogP contribution in [0.1, 0.15) is 34.1 Å². The van der Waals surface area contributed by atoms with Crippen molar-refractivity contribution < 1.29 is 14.3 Å². The van der Waals surface area contributed by atoms with Gasteiger partial charge in [0.1, 0.15) is 0 Å². The number of carbonyl (C=O) groups is 2. The summed E-state index contributed by atoms with van der Waals surface area (Å²) < 4.78 is 4.93. The Labute approximate surface area is 103 Å². The zero-order chi connectivity index (χ0) is 13.3. The average Bonchev–Trinajstić information content (AvgIpc) is 2.20. The lowest BCUT2D eigenvalue weighted by atomic mass is 10.2. The first-order chi connectivity index (χ1) is 7.91. The fourth-order valence-corrected chi connectivity index (χ4v) is 1.10. The highest BCUT2D eigenvalue weighted by atomic mass is 16.5. The fourth-order valence-electron chi connectivity index (χ4n) is 1.10. The van der Waals surface area contributed by atoms with Gasteiger partial charge in [0, 0.05) is 19.5 Å². The quantitative estimate of drug-likeness (QED) is 0.487. The van der Waals surface area contributed by atoms with Crippen LogP contribution in [-0.4, -0.2) is 37.6 Å². The number of carbonyl (C=O) groups excluding carboxylic acids is 2. The van der Waals surface area contributed by atoms with Crippen molar-refractivity contribution in [3.8, 4) is 0 Å². The second kappa shape index (κ2) is 8.98. The second-order valence-electron chi connectivity index (χ2n) is 4.66. The molecule has 0 bridgehead atoms. The zero-order valence-corrected chi connectivity index (χ0v) is 11.2. The zero-order valence-electron chi connectivity index (χ0n) is 11.2. The average molecular weight is 244 g/mol. The molecule has 0 aliphatic carbocycles. The van der Waals surface area contributed by atoms with Crippen LogP contribution in [0.3, 0.4) is 0 Å². The number of amides is 1. The Kier molecular flexibility index (Phi) is 8.40. The van der Waals surface area contributed by atoms with Crippen LogP contribution < -0.4 is 10.6 Å². The van der Waals surface area contributed by atoms with E-state index in [4.69, 9.17) is 4.74 Å². The Balaban J connectivity index is 3.44. The third kappa shape index (κ3) is 11.2. The molecule has 0 fully saturated rings. The summed E-state index contributed by atoms with van der Waals surface area (Å²) in [5, 5.41) is 5.68. The third-order valence-corrected chi connectivity index (χ3v) is 1.87. The van der Waals surface area contributed by atoms with Crippen LogP contribution >= 0.6 is 0 Å². The van der Waals surface area contributed by atoms with Gasteiger partial charge in [-0.2, -0.15) is 0 Å². The van der Waals surface area contributed by atoms with Gasteiger partial charge in [0.15, 0.2) is 0 Å². The van der Waals surface area contributed by atoms with Crippen LogP contribution in [0.15, 0.2) is 0 Å². The van der Waals surface area contributed by atoms with Crippen molar-refractivity contribution in [1.29, 1.82) is 0 Å². The summed E-state index contributed by atoms with van der Waals surface area (Å²) >= 11 is 0. The van der Waals surface area contributed by atoms with Gasteiger partial charge < -0.3 is 15.4 Å². The molecule has 0 aliphatic rings. The standard InChI is InChI=1S/C12H24N2O3/c1-9(2)7-14-11(15)5-6-13-8-12(16)17-10(3)4/h9-10,13H,5-8H2,1-4H3,(H,14,15). The molecule has 0 spiro atoms. The van der Waals surface area contributed by atoms with Crippen LogP contribution in [0.25, 0.3) is 0 Å². The largest absolute Gasteiger partial charge is 0.462 e. The van der Waals surface area contributed by atoms with E-state index in [1.165, 1.54) is 0 Å². The van der Waals surface area contributed by atoms with Crippen LogP contribution in [-0.2, 0) is 14.3 Å². The summed E-state index contributed by atoms with van der Waals surface area (Å²) in [6, 6.07) is 0. The van der Waals surface area contributed by atoms with Crippen molar-refractivity contribution in [2.45, 2.75) is 40.2 Å². The van der Waals surface area contributed by atoms with Gasteiger partial charge in [-0.1, -0.05) is 13.8 Å². The molecule has 5 nitrogen and oxygen atoms in total. The summed E-state index contributed by atoms with van der Waals surface area (Å²) in [6.45, 7) is 9.01. The highest BCUT2D eigenvalue weighted by Gasteiger charge is 2.05. The molecule has 0 aliphatic heterocycles. The molecule has 0 aromatic rings. The fraction of sp³-hybridized carbons (Fsp3) is 0.833. The van der Waals surface area contributed by atoms with Crippen LogP contribution in [0.5, 0.6) is 0 Å². The Hall–Kier alpha value is -1.10. The Morgan fingerprint density at radius 2 is 1.82 bits per heavy atom.